The molecule has 2 aliphatic rings. The Morgan fingerprint density at radius 1 is 1.19 bits per heavy atom. The molecule has 0 saturated carbocycles. The van der Waals surface area contributed by atoms with Crippen LogP contribution in [-0.2, 0) is 10.6 Å². The molecule has 2 aromatic rings. The Kier molecular flexibility index (Phi) is 7.91. The van der Waals surface area contributed by atoms with Gasteiger partial charge in [-0.3, -0.25) is 4.79 Å². The van der Waals surface area contributed by atoms with E-state index in [1.54, 1.807) is 12.1 Å². The Morgan fingerprint density at radius 2 is 1.92 bits per heavy atom. The van der Waals surface area contributed by atoms with Crippen LogP contribution in [-0.4, -0.2) is 68.3 Å². The van der Waals surface area contributed by atoms with Gasteiger partial charge in [-0.1, -0.05) is 18.2 Å². The van der Waals surface area contributed by atoms with Crippen LogP contribution in [0.3, 0.4) is 0 Å². The number of piperazine rings is 1. The number of benzene rings is 2. The lowest BCUT2D eigenvalue weighted by Crippen LogP contribution is -2.48. The van der Waals surface area contributed by atoms with Crippen LogP contribution >= 0.6 is 0 Å². The number of primary amides is 1. The molecule has 0 aromatic heterocycles. The Labute approximate surface area is 212 Å². The summed E-state index contributed by atoms with van der Waals surface area (Å²) in [6.07, 6.45) is 3.81. The van der Waals surface area contributed by atoms with Gasteiger partial charge in [0.2, 0.25) is 5.79 Å². The van der Waals surface area contributed by atoms with E-state index in [9.17, 15) is 9.18 Å². The van der Waals surface area contributed by atoms with E-state index in [4.69, 9.17) is 10.5 Å². The molecule has 1 amide bonds. The third kappa shape index (κ3) is 5.85. The summed E-state index contributed by atoms with van der Waals surface area (Å²) in [6.45, 7) is 9.62. The van der Waals surface area contributed by atoms with E-state index in [-0.39, 0.29) is 11.3 Å². The molecule has 8 nitrogen and oxygen atoms in total. The van der Waals surface area contributed by atoms with E-state index in [0.717, 1.165) is 55.8 Å². The summed E-state index contributed by atoms with van der Waals surface area (Å²) in [5, 5.41) is 6.51. The van der Waals surface area contributed by atoms with Gasteiger partial charge in [-0.2, -0.15) is 0 Å². The molecule has 4 rings (SSSR count). The number of hydrogen-bond donors (Lipinski definition) is 3. The number of ether oxygens (including phenoxy) is 1. The van der Waals surface area contributed by atoms with Gasteiger partial charge >= 0.3 is 0 Å². The molecule has 0 radical (unpaired) electrons. The fourth-order valence-electron chi connectivity index (χ4n) is 4.66. The maximum Gasteiger partial charge on any atom is 0.251 e. The number of nitrogens with zero attached hydrogens (tertiary/aromatic N) is 3. The molecular weight excluding hydrogens is 459 g/mol. The van der Waals surface area contributed by atoms with Gasteiger partial charge in [-0.15, -0.1) is 0 Å². The lowest BCUT2D eigenvalue weighted by Gasteiger charge is -2.37. The van der Waals surface area contributed by atoms with Gasteiger partial charge in [0.25, 0.3) is 5.91 Å². The molecule has 9 heteroatoms. The van der Waals surface area contributed by atoms with Crippen LogP contribution < -0.4 is 21.1 Å². The fraction of sp³-hybridized carbons (Fsp3) is 0.407. The second kappa shape index (κ2) is 11.1. The van der Waals surface area contributed by atoms with Crippen molar-refractivity contribution in [2.75, 3.05) is 51.7 Å². The van der Waals surface area contributed by atoms with Crippen molar-refractivity contribution in [3.8, 4) is 5.75 Å². The van der Waals surface area contributed by atoms with E-state index in [2.05, 4.69) is 32.5 Å². The predicted molar refractivity (Wildman–Crippen MR) is 141 cm³/mol. The molecule has 1 atom stereocenters. The van der Waals surface area contributed by atoms with Gasteiger partial charge in [0.1, 0.15) is 0 Å². The second-order valence-electron chi connectivity index (χ2n) is 9.46. The monoisotopic (exact) mass is 494 g/mol. The third-order valence-corrected chi connectivity index (χ3v) is 6.69. The van der Waals surface area contributed by atoms with Gasteiger partial charge in [0, 0.05) is 62.5 Å². The first-order valence-corrected chi connectivity index (χ1v) is 12.3. The molecule has 1 fully saturated rings. The van der Waals surface area contributed by atoms with Crippen LogP contribution in [0, 0.1) is 19.7 Å². The minimum atomic E-state index is -1.13. The Bertz CT molecular complexity index is 1140. The van der Waals surface area contributed by atoms with Crippen molar-refractivity contribution < 1.29 is 13.9 Å². The normalized spacial score (nSPS) is 20.5. The number of likely N-dealkylation sites (N-methyl/N-ethyl adjacent to an activating group) is 1. The smallest absolute Gasteiger partial charge is 0.251 e. The average molecular weight is 495 g/mol. The van der Waals surface area contributed by atoms with E-state index in [0.29, 0.717) is 12.3 Å². The zero-order valence-electron chi connectivity index (χ0n) is 21.2. The standard InChI is InChI=1S/C27H35FN6O2/c1-19-6-4-7-20(2)25(19)27(30-17-21(18-31-27)26(29)35)32-22-8-9-24(23(28)16-22)36-15-5-10-34-13-11-33(3)12-14-34/h4,6-9,16-18,30,32H,5,10-15H2,1-3H3,(H2,29,35). The molecule has 0 bridgehead atoms. The minimum Gasteiger partial charge on any atom is -0.490 e. The summed E-state index contributed by atoms with van der Waals surface area (Å²) in [4.78, 5) is 21.0. The van der Waals surface area contributed by atoms with Crippen molar-refractivity contribution in [2.45, 2.75) is 26.1 Å². The van der Waals surface area contributed by atoms with E-state index >= 15 is 0 Å². The van der Waals surface area contributed by atoms with Crippen molar-refractivity contribution in [1.29, 1.82) is 0 Å². The topological polar surface area (TPSA) is 95.2 Å². The number of hydrogen-bond acceptors (Lipinski definition) is 7. The first kappa shape index (κ1) is 25.7. The summed E-state index contributed by atoms with van der Waals surface area (Å²) in [5.41, 5.74) is 9.04. The number of aryl methyl sites for hydroxylation is 2. The van der Waals surface area contributed by atoms with Gasteiger partial charge in [0.15, 0.2) is 11.6 Å². The second-order valence-corrected chi connectivity index (χ2v) is 9.46. The van der Waals surface area contributed by atoms with Crippen LogP contribution in [0.15, 0.2) is 53.2 Å². The molecule has 1 unspecified atom stereocenters. The Hall–Kier alpha value is -3.43. The molecule has 2 heterocycles. The summed E-state index contributed by atoms with van der Waals surface area (Å²) >= 11 is 0. The highest BCUT2D eigenvalue weighted by Gasteiger charge is 2.35. The SMILES string of the molecule is Cc1cccc(C)c1C1(Nc2ccc(OCCCN3CCN(C)CC3)c(F)c2)N=CC(C(N)=O)=CN1. The molecule has 4 N–H and O–H groups in total. The lowest BCUT2D eigenvalue weighted by molar-refractivity contribution is -0.114. The minimum absolute atomic E-state index is 0.219. The largest absolute Gasteiger partial charge is 0.490 e. The van der Waals surface area contributed by atoms with Crippen molar-refractivity contribution in [3.05, 3.63) is 70.7 Å². The maximum absolute atomic E-state index is 15.0. The first-order chi connectivity index (χ1) is 17.3. The van der Waals surface area contributed by atoms with E-state index in [1.165, 1.54) is 18.5 Å². The fourth-order valence-corrected chi connectivity index (χ4v) is 4.66. The molecule has 36 heavy (non-hydrogen) atoms. The van der Waals surface area contributed by atoms with Gasteiger partial charge in [-0.25, -0.2) is 9.38 Å². The van der Waals surface area contributed by atoms with Crippen molar-refractivity contribution in [3.63, 3.8) is 0 Å². The van der Waals surface area contributed by atoms with E-state index < -0.39 is 17.5 Å². The average Bonchev–Trinajstić information content (AvgIpc) is 2.84. The summed E-state index contributed by atoms with van der Waals surface area (Å²) in [5.74, 6) is -1.95. The predicted octanol–water partition coefficient (Wildman–Crippen LogP) is 2.72. The molecule has 2 aliphatic heterocycles. The zero-order chi connectivity index (χ0) is 25.7. The highest BCUT2D eigenvalue weighted by Crippen LogP contribution is 2.33. The zero-order valence-corrected chi connectivity index (χ0v) is 21.2. The van der Waals surface area contributed by atoms with E-state index in [1.807, 2.05) is 32.0 Å². The highest BCUT2D eigenvalue weighted by molar-refractivity contribution is 6.11. The number of halogens is 1. The summed E-state index contributed by atoms with van der Waals surface area (Å²) < 4.78 is 20.7. The highest BCUT2D eigenvalue weighted by atomic mass is 19.1. The maximum atomic E-state index is 15.0. The number of carbonyl (C=O) groups excluding carboxylic acids is 1. The van der Waals surface area contributed by atoms with Gasteiger partial charge in [0.05, 0.1) is 12.2 Å². The van der Waals surface area contributed by atoms with Gasteiger partial charge in [-0.05, 0) is 50.6 Å². The third-order valence-electron chi connectivity index (χ3n) is 6.69. The number of carbonyl (C=O) groups is 1. The molecule has 2 aromatic carbocycles. The summed E-state index contributed by atoms with van der Waals surface area (Å²) in [6, 6.07) is 10.7. The first-order valence-electron chi connectivity index (χ1n) is 12.3. The van der Waals surface area contributed by atoms with Crippen LogP contribution in [0.5, 0.6) is 5.75 Å². The molecular formula is C27H35FN6O2. The number of anilines is 1. The van der Waals surface area contributed by atoms with Crippen molar-refractivity contribution >= 4 is 17.8 Å². The van der Waals surface area contributed by atoms with Crippen molar-refractivity contribution in [2.24, 2.45) is 10.7 Å². The van der Waals surface area contributed by atoms with Crippen LogP contribution in [0.1, 0.15) is 23.1 Å². The Morgan fingerprint density at radius 3 is 2.53 bits per heavy atom. The number of aliphatic imine (C=N–C) groups is 1. The Balaban J connectivity index is 1.45. The van der Waals surface area contributed by atoms with Crippen LogP contribution in [0.4, 0.5) is 10.1 Å². The molecule has 192 valence electrons. The van der Waals surface area contributed by atoms with Gasteiger partial charge < -0.3 is 30.9 Å². The van der Waals surface area contributed by atoms with Crippen LogP contribution in [0.2, 0.25) is 0 Å². The molecule has 1 saturated heterocycles. The molecule has 0 aliphatic carbocycles. The number of nitrogens with two attached hydrogens (primary N) is 1. The number of rotatable bonds is 9. The molecule has 0 spiro atoms. The van der Waals surface area contributed by atoms with Crippen molar-refractivity contribution in [1.82, 2.24) is 15.1 Å². The quantitative estimate of drug-likeness (QED) is 0.464. The number of nitrogens with one attached hydrogen (secondary N) is 2. The lowest BCUT2D eigenvalue weighted by atomic mass is 9.95. The summed E-state index contributed by atoms with van der Waals surface area (Å²) in [7, 11) is 2.14. The number of amides is 1. The van der Waals surface area contributed by atoms with Crippen LogP contribution in [0.25, 0.3) is 0 Å².